The van der Waals surface area contributed by atoms with Gasteiger partial charge in [0.25, 0.3) is 5.91 Å². The Morgan fingerprint density at radius 2 is 2.00 bits per heavy atom. The summed E-state index contributed by atoms with van der Waals surface area (Å²) < 4.78 is 31.4. The van der Waals surface area contributed by atoms with E-state index in [4.69, 9.17) is 10.3 Å². The van der Waals surface area contributed by atoms with Crippen molar-refractivity contribution in [1.29, 1.82) is 0 Å². The van der Waals surface area contributed by atoms with Crippen molar-refractivity contribution >= 4 is 21.6 Å². The lowest BCUT2D eigenvalue weighted by Crippen LogP contribution is -2.29. The Bertz CT molecular complexity index is 825. The van der Waals surface area contributed by atoms with Crippen LogP contribution < -0.4 is 15.8 Å². The fourth-order valence-corrected chi connectivity index (χ4v) is 3.19. The van der Waals surface area contributed by atoms with E-state index in [1.54, 1.807) is 6.07 Å². The standard InChI is InChI=1S/C15H18N4O4S/c16-7-8-17-24(21,22)12-5-3-11(4-6-12)18-15(20)13-9-14(23-19-13)10-1-2-10/h3-6,9-10,17H,1-2,7-8,16H2,(H,18,20). The predicted octanol–water partition coefficient (Wildman–Crippen LogP) is 1.04. The maximum absolute atomic E-state index is 12.1. The number of aromatic nitrogens is 1. The van der Waals surface area contributed by atoms with Crippen molar-refractivity contribution in [3.05, 3.63) is 41.8 Å². The number of sulfonamides is 1. The van der Waals surface area contributed by atoms with Gasteiger partial charge in [0.2, 0.25) is 10.0 Å². The number of rotatable bonds is 7. The molecule has 0 saturated heterocycles. The summed E-state index contributed by atoms with van der Waals surface area (Å²) >= 11 is 0. The van der Waals surface area contributed by atoms with Gasteiger partial charge in [-0.05, 0) is 37.1 Å². The second kappa shape index (κ2) is 6.71. The average molecular weight is 350 g/mol. The smallest absolute Gasteiger partial charge is 0.277 e. The summed E-state index contributed by atoms with van der Waals surface area (Å²) in [5.74, 6) is 0.708. The van der Waals surface area contributed by atoms with E-state index >= 15 is 0 Å². The number of amides is 1. The van der Waals surface area contributed by atoms with Crippen LogP contribution in [0.15, 0.2) is 39.8 Å². The van der Waals surface area contributed by atoms with Crippen LogP contribution in [-0.4, -0.2) is 32.6 Å². The number of nitrogens with two attached hydrogens (primary N) is 1. The van der Waals surface area contributed by atoms with Gasteiger partial charge in [-0.15, -0.1) is 0 Å². The zero-order valence-electron chi connectivity index (χ0n) is 12.9. The van der Waals surface area contributed by atoms with Gasteiger partial charge in [-0.3, -0.25) is 4.79 Å². The molecular weight excluding hydrogens is 332 g/mol. The van der Waals surface area contributed by atoms with E-state index in [2.05, 4.69) is 15.2 Å². The number of benzene rings is 1. The predicted molar refractivity (Wildman–Crippen MR) is 87.1 cm³/mol. The summed E-state index contributed by atoms with van der Waals surface area (Å²) in [6.07, 6.45) is 2.12. The Morgan fingerprint density at radius 1 is 1.29 bits per heavy atom. The van der Waals surface area contributed by atoms with Crippen LogP contribution in [0.4, 0.5) is 5.69 Å². The lowest BCUT2D eigenvalue weighted by atomic mass is 10.2. The summed E-state index contributed by atoms with van der Waals surface area (Å²) in [6, 6.07) is 7.48. The van der Waals surface area contributed by atoms with Crippen molar-refractivity contribution in [3.63, 3.8) is 0 Å². The quantitative estimate of drug-likeness (QED) is 0.685. The molecule has 1 amide bonds. The van der Waals surface area contributed by atoms with Gasteiger partial charge in [0.1, 0.15) is 5.76 Å². The number of nitrogens with zero attached hydrogens (tertiary/aromatic N) is 1. The van der Waals surface area contributed by atoms with Crippen LogP contribution in [0.1, 0.15) is 35.0 Å². The van der Waals surface area contributed by atoms with Gasteiger partial charge in [0.15, 0.2) is 5.69 Å². The first-order chi connectivity index (χ1) is 11.5. The molecule has 1 aromatic carbocycles. The fourth-order valence-electron chi connectivity index (χ4n) is 2.15. The number of carbonyl (C=O) groups is 1. The molecule has 0 bridgehead atoms. The van der Waals surface area contributed by atoms with E-state index in [-0.39, 0.29) is 23.7 Å². The molecule has 1 saturated carbocycles. The SMILES string of the molecule is NCCNS(=O)(=O)c1ccc(NC(=O)c2cc(C3CC3)on2)cc1. The second-order valence-corrected chi connectivity index (χ2v) is 7.32. The molecule has 1 heterocycles. The Hall–Kier alpha value is -2.23. The largest absolute Gasteiger partial charge is 0.360 e. The summed E-state index contributed by atoms with van der Waals surface area (Å²) in [6.45, 7) is 0.379. The lowest BCUT2D eigenvalue weighted by molar-refractivity contribution is 0.101. The van der Waals surface area contributed by atoms with Crippen LogP contribution in [0.5, 0.6) is 0 Å². The van der Waals surface area contributed by atoms with Crippen LogP contribution in [0, 0.1) is 0 Å². The highest BCUT2D eigenvalue weighted by Crippen LogP contribution is 2.40. The summed E-state index contributed by atoms with van der Waals surface area (Å²) in [5, 5.41) is 6.42. The second-order valence-electron chi connectivity index (χ2n) is 5.55. The zero-order valence-corrected chi connectivity index (χ0v) is 13.7. The van der Waals surface area contributed by atoms with Gasteiger partial charge < -0.3 is 15.6 Å². The summed E-state index contributed by atoms with van der Waals surface area (Å²) in [5.41, 5.74) is 5.96. The zero-order chi connectivity index (χ0) is 17.2. The molecule has 0 radical (unpaired) electrons. The topological polar surface area (TPSA) is 127 Å². The van der Waals surface area contributed by atoms with Crippen LogP contribution >= 0.6 is 0 Å². The molecule has 3 rings (SSSR count). The van der Waals surface area contributed by atoms with Crippen LogP contribution in [0.25, 0.3) is 0 Å². The molecule has 1 aliphatic rings. The van der Waals surface area contributed by atoms with Crippen LogP contribution in [-0.2, 0) is 10.0 Å². The van der Waals surface area contributed by atoms with E-state index in [9.17, 15) is 13.2 Å². The number of carbonyl (C=O) groups excluding carboxylic acids is 1. The normalized spacial score (nSPS) is 14.5. The van der Waals surface area contributed by atoms with E-state index in [1.165, 1.54) is 24.3 Å². The Balaban J connectivity index is 1.65. The number of nitrogens with one attached hydrogen (secondary N) is 2. The van der Waals surface area contributed by atoms with Crippen LogP contribution in [0.3, 0.4) is 0 Å². The molecule has 9 heteroatoms. The van der Waals surface area contributed by atoms with Gasteiger partial charge in [-0.25, -0.2) is 13.1 Å². The molecule has 24 heavy (non-hydrogen) atoms. The first-order valence-electron chi connectivity index (χ1n) is 7.57. The molecular formula is C15H18N4O4S. The van der Waals surface area contributed by atoms with Crippen molar-refractivity contribution in [2.45, 2.75) is 23.7 Å². The molecule has 0 spiro atoms. The number of hydrogen-bond donors (Lipinski definition) is 3. The number of hydrogen-bond acceptors (Lipinski definition) is 6. The third kappa shape index (κ3) is 3.81. The molecule has 128 valence electrons. The van der Waals surface area contributed by atoms with Crippen LogP contribution in [0.2, 0.25) is 0 Å². The van der Waals surface area contributed by atoms with Gasteiger partial charge >= 0.3 is 0 Å². The first kappa shape index (κ1) is 16.6. The van der Waals surface area contributed by atoms with E-state index in [0.29, 0.717) is 11.6 Å². The van der Waals surface area contributed by atoms with Crippen molar-refractivity contribution < 1.29 is 17.7 Å². The minimum Gasteiger partial charge on any atom is -0.360 e. The van der Waals surface area contributed by atoms with Gasteiger partial charge in [-0.1, -0.05) is 5.16 Å². The van der Waals surface area contributed by atoms with Crippen molar-refractivity contribution in [3.8, 4) is 0 Å². The maximum Gasteiger partial charge on any atom is 0.277 e. The van der Waals surface area contributed by atoms with Gasteiger partial charge in [-0.2, -0.15) is 0 Å². The fraction of sp³-hybridized carbons (Fsp3) is 0.333. The molecule has 0 atom stereocenters. The minimum absolute atomic E-state index is 0.103. The lowest BCUT2D eigenvalue weighted by Gasteiger charge is -2.07. The molecule has 1 aromatic heterocycles. The monoisotopic (exact) mass is 350 g/mol. The van der Waals surface area contributed by atoms with Crippen molar-refractivity contribution in [1.82, 2.24) is 9.88 Å². The molecule has 1 fully saturated rings. The highest BCUT2D eigenvalue weighted by molar-refractivity contribution is 7.89. The minimum atomic E-state index is -3.59. The molecule has 8 nitrogen and oxygen atoms in total. The third-order valence-corrected chi connectivity index (χ3v) is 5.08. The first-order valence-corrected chi connectivity index (χ1v) is 9.05. The molecule has 0 aliphatic heterocycles. The van der Waals surface area contributed by atoms with Gasteiger partial charge in [0.05, 0.1) is 4.90 Å². The molecule has 1 aliphatic carbocycles. The summed E-state index contributed by atoms with van der Waals surface area (Å²) in [7, 11) is -3.59. The Labute approximate surface area is 139 Å². The molecule has 2 aromatic rings. The maximum atomic E-state index is 12.1. The average Bonchev–Trinajstić information content (AvgIpc) is 3.30. The third-order valence-electron chi connectivity index (χ3n) is 3.60. The van der Waals surface area contributed by atoms with E-state index in [1.807, 2.05) is 0 Å². The molecule has 0 unspecified atom stereocenters. The molecule has 4 N–H and O–H groups in total. The van der Waals surface area contributed by atoms with E-state index < -0.39 is 15.9 Å². The Kier molecular flexibility index (Phi) is 4.65. The van der Waals surface area contributed by atoms with E-state index in [0.717, 1.165) is 18.6 Å². The Morgan fingerprint density at radius 3 is 2.62 bits per heavy atom. The highest BCUT2D eigenvalue weighted by Gasteiger charge is 2.28. The summed E-state index contributed by atoms with van der Waals surface area (Å²) in [4.78, 5) is 12.2. The van der Waals surface area contributed by atoms with Crippen molar-refractivity contribution in [2.24, 2.45) is 5.73 Å². The number of anilines is 1. The van der Waals surface area contributed by atoms with Crippen molar-refractivity contribution in [2.75, 3.05) is 18.4 Å². The highest BCUT2D eigenvalue weighted by atomic mass is 32.2. The van der Waals surface area contributed by atoms with Gasteiger partial charge in [0, 0.05) is 30.8 Å².